The zero-order valence-electron chi connectivity index (χ0n) is 18.5. The van der Waals surface area contributed by atoms with Crippen molar-refractivity contribution in [1.82, 2.24) is 0 Å². The van der Waals surface area contributed by atoms with Gasteiger partial charge in [0.15, 0.2) is 0 Å². The molecule has 0 aromatic rings. The van der Waals surface area contributed by atoms with Crippen LogP contribution in [0.4, 0.5) is 0 Å². The van der Waals surface area contributed by atoms with Crippen LogP contribution in [0.15, 0.2) is 0 Å². The standard InChI is InChI=1S/C24H49ClO2/c1-2-3-4-5-6-7-8-9-10-11-12-13-15-18-21-26-23-24-27-22-19-16-14-17-20-25/h2-24H2,1H3. The van der Waals surface area contributed by atoms with Gasteiger partial charge in [0, 0.05) is 19.1 Å². The summed E-state index contributed by atoms with van der Waals surface area (Å²) in [4.78, 5) is 0. The van der Waals surface area contributed by atoms with E-state index in [9.17, 15) is 0 Å². The SMILES string of the molecule is CCCCCCCCCCCCCCCCOCCOCCCCCCCl. The lowest BCUT2D eigenvalue weighted by atomic mass is 10.0. The van der Waals surface area contributed by atoms with E-state index in [-0.39, 0.29) is 0 Å². The molecule has 0 spiro atoms. The molecule has 0 unspecified atom stereocenters. The molecule has 3 heteroatoms. The molecule has 0 aliphatic carbocycles. The maximum absolute atomic E-state index is 5.65. The number of unbranched alkanes of at least 4 members (excludes halogenated alkanes) is 16. The Hall–Kier alpha value is 0.210. The smallest absolute Gasteiger partial charge is 0.0700 e. The molecule has 0 radical (unpaired) electrons. The van der Waals surface area contributed by atoms with Gasteiger partial charge in [-0.1, -0.05) is 103 Å². The molecule has 0 saturated heterocycles. The normalized spacial score (nSPS) is 11.3. The lowest BCUT2D eigenvalue weighted by Crippen LogP contribution is -2.06. The van der Waals surface area contributed by atoms with Crippen LogP contribution in [-0.2, 0) is 9.47 Å². The van der Waals surface area contributed by atoms with Crippen molar-refractivity contribution >= 4 is 11.6 Å². The molecular formula is C24H49ClO2. The second-order valence-electron chi connectivity index (χ2n) is 7.92. The summed E-state index contributed by atoms with van der Waals surface area (Å²) in [6, 6.07) is 0. The molecule has 0 rings (SSSR count). The molecule has 0 fully saturated rings. The summed E-state index contributed by atoms with van der Waals surface area (Å²) in [6.45, 7) is 5.55. The molecular weight excluding hydrogens is 356 g/mol. The summed E-state index contributed by atoms with van der Waals surface area (Å²) >= 11 is 5.65. The maximum Gasteiger partial charge on any atom is 0.0700 e. The molecule has 0 bridgehead atoms. The minimum Gasteiger partial charge on any atom is -0.379 e. The average Bonchev–Trinajstić information content (AvgIpc) is 2.68. The van der Waals surface area contributed by atoms with Gasteiger partial charge in [0.2, 0.25) is 0 Å². The largest absolute Gasteiger partial charge is 0.379 e. The van der Waals surface area contributed by atoms with Gasteiger partial charge in [-0.15, -0.1) is 11.6 Å². The van der Waals surface area contributed by atoms with Crippen molar-refractivity contribution in [3.05, 3.63) is 0 Å². The van der Waals surface area contributed by atoms with E-state index < -0.39 is 0 Å². The molecule has 0 aliphatic rings. The number of alkyl halides is 1. The van der Waals surface area contributed by atoms with Gasteiger partial charge < -0.3 is 9.47 Å². The minimum absolute atomic E-state index is 0.744. The highest BCUT2D eigenvalue weighted by Gasteiger charge is 1.95. The molecule has 0 atom stereocenters. The van der Waals surface area contributed by atoms with Crippen LogP contribution in [0.5, 0.6) is 0 Å². The molecule has 164 valence electrons. The van der Waals surface area contributed by atoms with Crippen LogP contribution in [0.1, 0.15) is 122 Å². The van der Waals surface area contributed by atoms with Gasteiger partial charge in [0.05, 0.1) is 13.2 Å². The Kier molecular flexibility index (Phi) is 26.4. The Labute approximate surface area is 176 Å². The third kappa shape index (κ3) is 26.2. The van der Waals surface area contributed by atoms with Crippen LogP contribution in [-0.4, -0.2) is 32.3 Å². The second kappa shape index (κ2) is 26.2. The van der Waals surface area contributed by atoms with E-state index in [1.807, 2.05) is 0 Å². The summed E-state index contributed by atoms with van der Waals surface area (Å²) in [5, 5.41) is 0. The zero-order chi connectivity index (χ0) is 19.7. The van der Waals surface area contributed by atoms with Gasteiger partial charge in [0.25, 0.3) is 0 Å². The van der Waals surface area contributed by atoms with Gasteiger partial charge in [-0.3, -0.25) is 0 Å². The van der Waals surface area contributed by atoms with Gasteiger partial charge >= 0.3 is 0 Å². The summed E-state index contributed by atoms with van der Waals surface area (Å²) in [6.07, 6.45) is 24.4. The predicted octanol–water partition coefficient (Wildman–Crippen LogP) is 8.30. The van der Waals surface area contributed by atoms with E-state index in [0.717, 1.165) is 45.1 Å². The summed E-state index contributed by atoms with van der Waals surface area (Å²) in [5.41, 5.74) is 0. The van der Waals surface area contributed by atoms with Crippen LogP contribution >= 0.6 is 11.6 Å². The number of hydrogen-bond acceptors (Lipinski definition) is 2. The second-order valence-corrected chi connectivity index (χ2v) is 8.30. The number of ether oxygens (including phenoxy) is 2. The fourth-order valence-electron chi connectivity index (χ4n) is 3.37. The fraction of sp³-hybridized carbons (Fsp3) is 1.00. The minimum atomic E-state index is 0.744. The van der Waals surface area contributed by atoms with Gasteiger partial charge in [0.1, 0.15) is 0 Å². The first-order valence-electron chi connectivity index (χ1n) is 12.1. The summed E-state index contributed by atoms with van der Waals surface area (Å²) < 4.78 is 11.2. The molecule has 0 amide bonds. The highest BCUT2D eigenvalue weighted by Crippen LogP contribution is 2.12. The lowest BCUT2D eigenvalue weighted by Gasteiger charge is -2.06. The third-order valence-electron chi connectivity index (χ3n) is 5.19. The Morgan fingerprint density at radius 2 is 0.741 bits per heavy atom. The van der Waals surface area contributed by atoms with Crippen LogP contribution in [0.25, 0.3) is 0 Å². The first kappa shape index (κ1) is 27.2. The van der Waals surface area contributed by atoms with Crippen LogP contribution in [0, 0.1) is 0 Å². The molecule has 0 aromatic heterocycles. The van der Waals surface area contributed by atoms with Crippen molar-refractivity contribution in [1.29, 1.82) is 0 Å². The topological polar surface area (TPSA) is 18.5 Å². The Morgan fingerprint density at radius 3 is 1.11 bits per heavy atom. The Morgan fingerprint density at radius 1 is 0.407 bits per heavy atom. The quantitative estimate of drug-likeness (QED) is 0.119. The van der Waals surface area contributed by atoms with E-state index >= 15 is 0 Å². The Bertz CT molecular complexity index is 225. The first-order valence-corrected chi connectivity index (χ1v) is 12.7. The van der Waals surface area contributed by atoms with Crippen LogP contribution < -0.4 is 0 Å². The van der Waals surface area contributed by atoms with E-state index in [4.69, 9.17) is 21.1 Å². The van der Waals surface area contributed by atoms with E-state index in [2.05, 4.69) is 6.92 Å². The zero-order valence-corrected chi connectivity index (χ0v) is 19.2. The van der Waals surface area contributed by atoms with Crippen molar-refractivity contribution in [3.8, 4) is 0 Å². The molecule has 0 saturated carbocycles. The van der Waals surface area contributed by atoms with Crippen LogP contribution in [0.2, 0.25) is 0 Å². The molecule has 0 N–H and O–H groups in total. The number of hydrogen-bond donors (Lipinski definition) is 0. The molecule has 27 heavy (non-hydrogen) atoms. The van der Waals surface area contributed by atoms with Crippen LogP contribution in [0.3, 0.4) is 0 Å². The van der Waals surface area contributed by atoms with Gasteiger partial charge in [-0.2, -0.15) is 0 Å². The monoisotopic (exact) mass is 404 g/mol. The highest BCUT2D eigenvalue weighted by molar-refractivity contribution is 6.17. The predicted molar refractivity (Wildman–Crippen MR) is 121 cm³/mol. The van der Waals surface area contributed by atoms with Gasteiger partial charge in [-0.05, 0) is 19.3 Å². The van der Waals surface area contributed by atoms with E-state index in [1.165, 1.54) is 103 Å². The van der Waals surface area contributed by atoms with Gasteiger partial charge in [-0.25, -0.2) is 0 Å². The van der Waals surface area contributed by atoms with E-state index in [1.54, 1.807) is 0 Å². The van der Waals surface area contributed by atoms with Crippen molar-refractivity contribution < 1.29 is 9.47 Å². The van der Waals surface area contributed by atoms with Crippen molar-refractivity contribution in [3.63, 3.8) is 0 Å². The molecule has 0 aliphatic heterocycles. The third-order valence-corrected chi connectivity index (χ3v) is 5.45. The number of halogens is 1. The van der Waals surface area contributed by atoms with Crippen molar-refractivity contribution in [2.45, 2.75) is 122 Å². The average molecular weight is 405 g/mol. The van der Waals surface area contributed by atoms with Crippen molar-refractivity contribution in [2.24, 2.45) is 0 Å². The summed E-state index contributed by atoms with van der Waals surface area (Å²) in [5.74, 6) is 0.786. The lowest BCUT2D eigenvalue weighted by molar-refractivity contribution is 0.0449. The molecule has 0 heterocycles. The fourth-order valence-corrected chi connectivity index (χ4v) is 3.56. The highest BCUT2D eigenvalue weighted by atomic mass is 35.5. The molecule has 2 nitrogen and oxygen atoms in total. The summed E-state index contributed by atoms with van der Waals surface area (Å²) in [7, 11) is 0. The Balaban J connectivity index is 2.95. The van der Waals surface area contributed by atoms with E-state index in [0.29, 0.717) is 0 Å². The first-order chi connectivity index (χ1) is 13.4. The molecule has 0 aromatic carbocycles. The number of rotatable bonds is 24. The van der Waals surface area contributed by atoms with Crippen molar-refractivity contribution in [2.75, 3.05) is 32.3 Å². The maximum atomic E-state index is 5.65.